The molecule has 0 saturated heterocycles. The molecule has 11 heteroatoms. The Bertz CT molecular complexity index is 615. The van der Waals surface area contributed by atoms with E-state index in [1.54, 1.807) is 0 Å². The molecule has 0 aliphatic rings. The van der Waals surface area contributed by atoms with Gasteiger partial charge in [0, 0.05) is 6.42 Å². The molecule has 0 aliphatic carbocycles. The molecule has 0 aromatic carbocycles. The van der Waals surface area contributed by atoms with Crippen molar-refractivity contribution in [1.29, 1.82) is 0 Å². The van der Waals surface area contributed by atoms with Gasteiger partial charge in [-0.05, 0) is 32.1 Å². The van der Waals surface area contributed by atoms with E-state index in [0.29, 0.717) is 6.42 Å². The predicted molar refractivity (Wildman–Crippen MR) is 129 cm³/mol. The molecule has 3 atom stereocenters. The summed E-state index contributed by atoms with van der Waals surface area (Å²) in [4.78, 5) is 31.7. The van der Waals surface area contributed by atoms with Gasteiger partial charge >= 0.3 is 19.8 Å². The SMILES string of the molecule is CCCCCCC/C=C\CCCCCCCC(=O)OC[C@@H](O)COP(=O)(O)OC[C@H](N)C(=O)O. The molecular formula is C23H44NO9P. The van der Waals surface area contributed by atoms with Crippen molar-refractivity contribution in [3.8, 4) is 0 Å². The summed E-state index contributed by atoms with van der Waals surface area (Å²) in [5, 5.41) is 18.3. The summed E-state index contributed by atoms with van der Waals surface area (Å²) in [6.45, 7) is 0.473. The van der Waals surface area contributed by atoms with Crippen LogP contribution < -0.4 is 5.73 Å². The third-order valence-electron chi connectivity index (χ3n) is 4.99. The Kier molecular flexibility index (Phi) is 20.2. The summed E-state index contributed by atoms with van der Waals surface area (Å²) in [7, 11) is -4.58. The number of allylic oxidation sites excluding steroid dienone is 2. The molecule has 0 bridgehead atoms. The molecule has 5 N–H and O–H groups in total. The smallest absolute Gasteiger partial charge is 0.472 e. The Labute approximate surface area is 203 Å². The Balaban J connectivity index is 3.64. The van der Waals surface area contributed by atoms with Crippen molar-refractivity contribution < 1.29 is 43.0 Å². The number of nitrogens with two attached hydrogens (primary N) is 1. The van der Waals surface area contributed by atoms with Crippen molar-refractivity contribution in [1.82, 2.24) is 0 Å². The Morgan fingerprint density at radius 2 is 1.41 bits per heavy atom. The molecular weight excluding hydrogens is 465 g/mol. The van der Waals surface area contributed by atoms with Gasteiger partial charge in [-0.15, -0.1) is 0 Å². The number of carbonyl (C=O) groups is 2. The maximum absolute atomic E-state index is 11.7. The number of ether oxygens (including phenoxy) is 1. The normalized spacial score (nSPS) is 15.2. The summed E-state index contributed by atoms with van der Waals surface area (Å²) < 4.78 is 25.5. The van der Waals surface area contributed by atoms with Crippen LogP contribution in [0.25, 0.3) is 0 Å². The van der Waals surface area contributed by atoms with Gasteiger partial charge in [-0.25, -0.2) is 4.57 Å². The number of carboxylic acids is 1. The Morgan fingerprint density at radius 3 is 2.00 bits per heavy atom. The lowest BCUT2D eigenvalue weighted by Gasteiger charge is -2.16. The van der Waals surface area contributed by atoms with Crippen LogP contribution in [-0.2, 0) is 27.9 Å². The second-order valence-electron chi connectivity index (χ2n) is 8.32. The van der Waals surface area contributed by atoms with Crippen LogP contribution in [0.15, 0.2) is 12.2 Å². The number of aliphatic carboxylic acids is 1. The first kappa shape index (κ1) is 32.7. The van der Waals surface area contributed by atoms with E-state index in [9.17, 15) is 24.2 Å². The number of phosphoric ester groups is 1. The van der Waals surface area contributed by atoms with Gasteiger partial charge in [-0.1, -0.05) is 64.0 Å². The summed E-state index contributed by atoms with van der Waals surface area (Å²) in [6, 6.07) is -1.48. The van der Waals surface area contributed by atoms with Crippen LogP contribution in [0, 0.1) is 0 Å². The molecule has 200 valence electrons. The molecule has 0 heterocycles. The second-order valence-corrected chi connectivity index (χ2v) is 9.78. The zero-order valence-electron chi connectivity index (χ0n) is 20.4. The lowest BCUT2D eigenvalue weighted by molar-refractivity contribution is -0.147. The first-order valence-electron chi connectivity index (χ1n) is 12.3. The van der Waals surface area contributed by atoms with Crippen LogP contribution in [0.4, 0.5) is 0 Å². The van der Waals surface area contributed by atoms with Crippen molar-refractivity contribution in [2.75, 3.05) is 19.8 Å². The van der Waals surface area contributed by atoms with Crippen LogP contribution in [0.2, 0.25) is 0 Å². The van der Waals surface area contributed by atoms with Crippen LogP contribution in [-0.4, -0.2) is 59.0 Å². The summed E-state index contributed by atoms with van der Waals surface area (Å²) in [5.74, 6) is -1.86. The minimum atomic E-state index is -4.58. The molecule has 1 unspecified atom stereocenters. The molecule has 0 rings (SSSR count). The number of aliphatic hydroxyl groups excluding tert-OH is 1. The zero-order chi connectivity index (χ0) is 25.7. The van der Waals surface area contributed by atoms with Gasteiger partial charge in [0.1, 0.15) is 18.8 Å². The van der Waals surface area contributed by atoms with Gasteiger partial charge in [0.25, 0.3) is 0 Å². The quantitative estimate of drug-likeness (QED) is 0.0682. The molecule has 0 amide bonds. The predicted octanol–water partition coefficient (Wildman–Crippen LogP) is 4.08. The zero-order valence-corrected chi connectivity index (χ0v) is 21.3. The van der Waals surface area contributed by atoms with Crippen molar-refractivity contribution >= 4 is 19.8 Å². The number of carboxylic acid groups (broad SMARTS) is 1. The average molecular weight is 510 g/mol. The Hall–Kier alpha value is -1.29. The van der Waals surface area contributed by atoms with E-state index in [4.69, 9.17) is 15.6 Å². The summed E-state index contributed by atoms with van der Waals surface area (Å²) in [6.07, 6.45) is 17.2. The summed E-state index contributed by atoms with van der Waals surface area (Å²) in [5.41, 5.74) is 5.15. The first-order chi connectivity index (χ1) is 16.2. The molecule has 0 fully saturated rings. The minimum Gasteiger partial charge on any atom is -0.480 e. The third-order valence-corrected chi connectivity index (χ3v) is 5.94. The third kappa shape index (κ3) is 21.3. The fraction of sp³-hybridized carbons (Fsp3) is 0.826. The summed E-state index contributed by atoms with van der Waals surface area (Å²) >= 11 is 0. The van der Waals surface area contributed by atoms with Crippen molar-refractivity contribution in [3.05, 3.63) is 12.2 Å². The second kappa shape index (κ2) is 21.0. The van der Waals surface area contributed by atoms with Crippen LogP contribution in [0.1, 0.15) is 90.4 Å². The lowest BCUT2D eigenvalue weighted by Crippen LogP contribution is -2.34. The average Bonchev–Trinajstić information content (AvgIpc) is 2.80. The number of hydrogen-bond acceptors (Lipinski definition) is 8. The highest BCUT2D eigenvalue weighted by Crippen LogP contribution is 2.43. The fourth-order valence-electron chi connectivity index (χ4n) is 2.94. The van der Waals surface area contributed by atoms with Gasteiger partial charge < -0.3 is 25.6 Å². The minimum absolute atomic E-state index is 0.236. The van der Waals surface area contributed by atoms with Gasteiger partial charge in [-0.2, -0.15) is 0 Å². The lowest BCUT2D eigenvalue weighted by atomic mass is 10.1. The number of carbonyl (C=O) groups excluding carboxylic acids is 1. The van der Waals surface area contributed by atoms with Gasteiger partial charge in [0.15, 0.2) is 0 Å². The van der Waals surface area contributed by atoms with E-state index < -0.39 is 51.7 Å². The molecule has 0 aromatic rings. The van der Waals surface area contributed by atoms with E-state index in [2.05, 4.69) is 28.1 Å². The van der Waals surface area contributed by atoms with E-state index in [1.165, 1.54) is 38.5 Å². The molecule has 0 saturated carbocycles. The largest absolute Gasteiger partial charge is 0.480 e. The first-order valence-corrected chi connectivity index (χ1v) is 13.8. The molecule has 0 radical (unpaired) electrons. The number of rotatable bonds is 23. The van der Waals surface area contributed by atoms with Gasteiger partial charge in [0.05, 0.1) is 13.2 Å². The van der Waals surface area contributed by atoms with Crippen LogP contribution in [0.3, 0.4) is 0 Å². The molecule has 0 aliphatic heterocycles. The molecule has 0 spiro atoms. The van der Waals surface area contributed by atoms with Gasteiger partial charge in [-0.3, -0.25) is 18.6 Å². The fourth-order valence-corrected chi connectivity index (χ4v) is 3.72. The highest BCUT2D eigenvalue weighted by molar-refractivity contribution is 7.47. The molecule has 10 nitrogen and oxygen atoms in total. The maximum atomic E-state index is 11.7. The Morgan fingerprint density at radius 1 is 0.882 bits per heavy atom. The number of esters is 1. The number of unbranched alkanes of at least 4 members (excludes halogenated alkanes) is 10. The standard InChI is InChI=1S/C23H44NO9P/c1-2-3-4-5-6-7-8-9-10-11-12-13-14-15-16-22(26)31-17-20(25)18-32-34(29,30)33-19-21(24)23(27)28/h8-9,20-21,25H,2-7,10-19,24H2,1H3,(H,27,28)(H,29,30)/b9-8-/t20-,21+/m1/s1. The van der Waals surface area contributed by atoms with Crippen LogP contribution >= 0.6 is 7.82 Å². The monoisotopic (exact) mass is 509 g/mol. The number of aliphatic hydroxyl groups is 1. The molecule has 34 heavy (non-hydrogen) atoms. The van der Waals surface area contributed by atoms with E-state index in [0.717, 1.165) is 32.1 Å². The van der Waals surface area contributed by atoms with Crippen LogP contribution in [0.5, 0.6) is 0 Å². The highest BCUT2D eigenvalue weighted by atomic mass is 31.2. The maximum Gasteiger partial charge on any atom is 0.472 e. The number of hydrogen-bond donors (Lipinski definition) is 4. The number of phosphoric acid groups is 1. The molecule has 0 aromatic heterocycles. The van der Waals surface area contributed by atoms with Crippen molar-refractivity contribution in [2.24, 2.45) is 5.73 Å². The highest BCUT2D eigenvalue weighted by Gasteiger charge is 2.26. The van der Waals surface area contributed by atoms with E-state index >= 15 is 0 Å². The van der Waals surface area contributed by atoms with E-state index in [-0.39, 0.29) is 6.42 Å². The van der Waals surface area contributed by atoms with Crippen molar-refractivity contribution in [3.63, 3.8) is 0 Å². The van der Waals surface area contributed by atoms with Crippen molar-refractivity contribution in [2.45, 2.75) is 103 Å². The van der Waals surface area contributed by atoms with E-state index in [1.807, 2.05) is 0 Å². The topological polar surface area (TPSA) is 166 Å². The van der Waals surface area contributed by atoms with Gasteiger partial charge in [0.2, 0.25) is 0 Å².